The second kappa shape index (κ2) is 7.88. The monoisotopic (exact) mass is 330 g/mol. The fourth-order valence-electron chi connectivity index (χ4n) is 3.16. The fourth-order valence-corrected chi connectivity index (χ4v) is 4.12. The Morgan fingerprint density at radius 3 is 2.76 bits per heavy atom. The van der Waals surface area contributed by atoms with Gasteiger partial charge in [0, 0.05) is 56.4 Å². The van der Waals surface area contributed by atoms with Crippen LogP contribution in [0.15, 0.2) is 6.20 Å². The minimum absolute atomic E-state index is 0. The van der Waals surface area contributed by atoms with Crippen LogP contribution in [0.25, 0.3) is 0 Å². The molecule has 0 spiro atoms. The predicted molar refractivity (Wildman–Crippen MR) is 91.6 cm³/mol. The highest BCUT2D eigenvalue weighted by Gasteiger charge is 2.28. The zero-order chi connectivity index (χ0) is 13.9. The highest BCUT2D eigenvalue weighted by Crippen LogP contribution is 2.24. The average molecular weight is 331 g/mol. The number of nitrogens with zero attached hydrogens (tertiary/aromatic N) is 3. The van der Waals surface area contributed by atoms with Crippen LogP contribution >= 0.6 is 23.7 Å². The number of likely N-dealkylation sites (tertiary alicyclic amines) is 1. The Hall–Kier alpha value is -0.200. The summed E-state index contributed by atoms with van der Waals surface area (Å²) in [5, 5.41) is 4.73. The molecule has 0 aromatic carbocycles. The maximum Gasteiger partial charge on any atom is 0.107 e. The highest BCUT2D eigenvalue weighted by molar-refractivity contribution is 7.11. The summed E-state index contributed by atoms with van der Waals surface area (Å²) in [7, 11) is 0. The Morgan fingerprint density at radius 1 is 1.33 bits per heavy atom. The van der Waals surface area contributed by atoms with Crippen molar-refractivity contribution in [1.82, 2.24) is 20.1 Å². The van der Waals surface area contributed by atoms with Crippen molar-refractivity contribution in [1.29, 1.82) is 0 Å². The summed E-state index contributed by atoms with van der Waals surface area (Å²) in [6.45, 7) is 12.7. The molecule has 120 valence electrons. The molecule has 0 saturated carbocycles. The second-order valence-electron chi connectivity index (χ2n) is 6.27. The van der Waals surface area contributed by atoms with Gasteiger partial charge >= 0.3 is 0 Å². The minimum atomic E-state index is 0. The first-order valence-electron chi connectivity index (χ1n) is 7.84. The first kappa shape index (κ1) is 17.2. The number of nitrogens with one attached hydrogen (secondary N) is 1. The van der Waals surface area contributed by atoms with Gasteiger partial charge in [0.2, 0.25) is 0 Å². The lowest BCUT2D eigenvalue weighted by Gasteiger charge is -2.32. The minimum Gasteiger partial charge on any atom is -0.314 e. The van der Waals surface area contributed by atoms with Crippen LogP contribution in [0.5, 0.6) is 0 Å². The van der Waals surface area contributed by atoms with Crippen molar-refractivity contribution >= 4 is 23.7 Å². The van der Waals surface area contributed by atoms with Gasteiger partial charge in [0.15, 0.2) is 0 Å². The van der Waals surface area contributed by atoms with Gasteiger partial charge in [-0.2, -0.15) is 0 Å². The highest BCUT2D eigenvalue weighted by atomic mass is 35.5. The van der Waals surface area contributed by atoms with Crippen LogP contribution in [0, 0.1) is 0 Å². The van der Waals surface area contributed by atoms with Gasteiger partial charge in [-0.3, -0.25) is 9.80 Å². The third kappa shape index (κ3) is 4.39. The van der Waals surface area contributed by atoms with Crippen LogP contribution in [0.4, 0.5) is 0 Å². The molecule has 4 nitrogen and oxygen atoms in total. The second-order valence-corrected chi connectivity index (χ2v) is 7.42. The van der Waals surface area contributed by atoms with Gasteiger partial charge in [-0.05, 0) is 12.3 Å². The van der Waals surface area contributed by atoms with E-state index in [1.807, 2.05) is 11.3 Å². The molecule has 0 radical (unpaired) electrons. The largest absolute Gasteiger partial charge is 0.314 e. The number of thiazole rings is 1. The van der Waals surface area contributed by atoms with E-state index in [1.165, 1.54) is 42.5 Å². The van der Waals surface area contributed by atoms with E-state index in [4.69, 9.17) is 0 Å². The van der Waals surface area contributed by atoms with Crippen LogP contribution in [0.1, 0.15) is 36.1 Å². The lowest BCUT2D eigenvalue weighted by atomic mass is 10.2. The summed E-state index contributed by atoms with van der Waals surface area (Å²) in [6.07, 6.45) is 3.39. The maximum atomic E-state index is 4.59. The molecule has 1 N–H and O–H groups in total. The van der Waals surface area contributed by atoms with Gasteiger partial charge in [0.05, 0.1) is 6.54 Å². The Bertz CT molecular complexity index is 431. The van der Waals surface area contributed by atoms with Crippen LogP contribution in [0.2, 0.25) is 0 Å². The SMILES string of the molecule is CC(C)c1cnc(CN2CCC(N3CCNCC3)C2)s1.Cl. The molecule has 6 heteroatoms. The lowest BCUT2D eigenvalue weighted by molar-refractivity contribution is 0.170. The van der Waals surface area contributed by atoms with E-state index in [0.29, 0.717) is 5.92 Å². The van der Waals surface area contributed by atoms with Crippen molar-refractivity contribution in [2.45, 2.75) is 38.8 Å². The quantitative estimate of drug-likeness (QED) is 0.916. The zero-order valence-electron chi connectivity index (χ0n) is 13.0. The molecule has 2 aliphatic rings. The molecule has 3 heterocycles. The summed E-state index contributed by atoms with van der Waals surface area (Å²) in [5.74, 6) is 0.605. The summed E-state index contributed by atoms with van der Waals surface area (Å²) in [5.41, 5.74) is 0. The van der Waals surface area contributed by atoms with E-state index in [-0.39, 0.29) is 12.4 Å². The van der Waals surface area contributed by atoms with Crippen LogP contribution in [-0.2, 0) is 6.54 Å². The normalized spacial score (nSPS) is 24.4. The number of hydrogen-bond donors (Lipinski definition) is 1. The van der Waals surface area contributed by atoms with E-state index in [2.05, 4.69) is 40.1 Å². The predicted octanol–water partition coefficient (Wildman–Crippen LogP) is 2.17. The summed E-state index contributed by atoms with van der Waals surface area (Å²) in [6, 6.07) is 0.765. The van der Waals surface area contributed by atoms with Gasteiger partial charge in [-0.1, -0.05) is 13.8 Å². The number of aromatic nitrogens is 1. The third-order valence-corrected chi connectivity index (χ3v) is 5.70. The Kier molecular flexibility index (Phi) is 6.44. The van der Waals surface area contributed by atoms with Gasteiger partial charge < -0.3 is 5.32 Å². The standard InChI is InChI=1S/C15H26N4S.ClH/c1-12(2)14-9-17-15(20-14)11-18-6-3-13(10-18)19-7-4-16-5-8-19;/h9,12-13,16H,3-8,10-11H2,1-2H3;1H. The van der Waals surface area contributed by atoms with Gasteiger partial charge in [0.1, 0.15) is 5.01 Å². The number of rotatable bonds is 4. The smallest absolute Gasteiger partial charge is 0.107 e. The molecule has 2 aliphatic heterocycles. The van der Waals surface area contributed by atoms with Crippen molar-refractivity contribution in [3.63, 3.8) is 0 Å². The van der Waals surface area contributed by atoms with E-state index < -0.39 is 0 Å². The number of halogens is 1. The molecular formula is C15H27ClN4S. The lowest BCUT2D eigenvalue weighted by Crippen LogP contribution is -2.49. The molecule has 2 fully saturated rings. The Balaban J connectivity index is 0.00000161. The molecule has 0 aliphatic carbocycles. The number of piperazine rings is 1. The van der Waals surface area contributed by atoms with Gasteiger partial charge in [-0.25, -0.2) is 4.98 Å². The molecular weight excluding hydrogens is 304 g/mol. The van der Waals surface area contributed by atoms with E-state index in [9.17, 15) is 0 Å². The zero-order valence-corrected chi connectivity index (χ0v) is 14.7. The van der Waals surface area contributed by atoms with E-state index in [0.717, 1.165) is 25.7 Å². The third-order valence-electron chi connectivity index (χ3n) is 4.41. The van der Waals surface area contributed by atoms with E-state index in [1.54, 1.807) is 0 Å². The summed E-state index contributed by atoms with van der Waals surface area (Å²) in [4.78, 5) is 11.2. The fraction of sp³-hybridized carbons (Fsp3) is 0.800. The van der Waals surface area contributed by atoms with Crippen LogP contribution in [-0.4, -0.2) is 60.1 Å². The van der Waals surface area contributed by atoms with Crippen molar-refractivity contribution in [2.75, 3.05) is 39.3 Å². The van der Waals surface area contributed by atoms with Crippen molar-refractivity contribution in [2.24, 2.45) is 0 Å². The molecule has 0 amide bonds. The Labute approximate surface area is 138 Å². The van der Waals surface area contributed by atoms with Gasteiger partial charge in [0.25, 0.3) is 0 Å². The average Bonchev–Trinajstić information content (AvgIpc) is 3.10. The molecule has 1 unspecified atom stereocenters. The van der Waals surface area contributed by atoms with Crippen molar-refractivity contribution in [3.05, 3.63) is 16.1 Å². The summed E-state index contributed by atoms with van der Waals surface area (Å²) >= 11 is 1.89. The van der Waals surface area contributed by atoms with Crippen molar-refractivity contribution in [3.8, 4) is 0 Å². The first-order valence-corrected chi connectivity index (χ1v) is 8.66. The van der Waals surface area contributed by atoms with E-state index >= 15 is 0 Å². The Morgan fingerprint density at radius 2 is 2.10 bits per heavy atom. The molecule has 0 bridgehead atoms. The summed E-state index contributed by atoms with van der Waals surface area (Å²) < 4.78 is 0. The molecule has 1 aromatic rings. The maximum absolute atomic E-state index is 4.59. The molecule has 21 heavy (non-hydrogen) atoms. The topological polar surface area (TPSA) is 31.4 Å². The van der Waals surface area contributed by atoms with Crippen LogP contribution in [0.3, 0.4) is 0 Å². The van der Waals surface area contributed by atoms with Crippen molar-refractivity contribution < 1.29 is 0 Å². The molecule has 1 aromatic heterocycles. The first-order chi connectivity index (χ1) is 9.72. The number of hydrogen-bond acceptors (Lipinski definition) is 5. The molecule has 2 saturated heterocycles. The molecule has 1 atom stereocenters. The van der Waals surface area contributed by atoms with Crippen LogP contribution < -0.4 is 5.32 Å². The van der Waals surface area contributed by atoms with Gasteiger partial charge in [-0.15, -0.1) is 23.7 Å². The molecule has 3 rings (SSSR count).